The third-order valence-corrected chi connectivity index (χ3v) is 5.99. The van der Waals surface area contributed by atoms with Gasteiger partial charge in [0.25, 0.3) is 0 Å². The van der Waals surface area contributed by atoms with Crippen LogP contribution >= 0.6 is 46.4 Å². The van der Waals surface area contributed by atoms with Crippen molar-refractivity contribution in [1.82, 2.24) is 10.6 Å². The highest BCUT2D eigenvalue weighted by atomic mass is 35.5. The molecule has 2 amide bonds. The molecule has 2 N–H and O–H groups in total. The summed E-state index contributed by atoms with van der Waals surface area (Å²) in [5, 5.41) is 7.77. The number of halogens is 4. The van der Waals surface area contributed by atoms with Gasteiger partial charge < -0.3 is 20.1 Å². The van der Waals surface area contributed by atoms with Crippen LogP contribution in [0, 0.1) is 5.41 Å². The fourth-order valence-corrected chi connectivity index (χ4v) is 3.86. The Morgan fingerprint density at radius 2 is 1.14 bits per heavy atom. The number of nitrogens with one attached hydrogen (secondary N) is 2. The van der Waals surface area contributed by atoms with Gasteiger partial charge >= 0.3 is 0 Å². The third-order valence-electron chi connectivity index (χ3n) is 4.93. The Balaban J connectivity index is 1.56. The lowest BCUT2D eigenvalue weighted by molar-refractivity contribution is -0.121. The second-order valence-corrected chi connectivity index (χ2v) is 10.5. The molecule has 0 atom stereocenters. The standard InChI is InChI=1S/C25H30Cl4N2O4/c1-25(2,15-30-23(32)5-3-11-34-21-9-7-17(26)13-19(21)28)16-31-24(33)6-4-12-35-22-10-8-18(27)14-20(22)29/h7-10,13-14H,3-6,11-12,15-16H2,1-2H3,(H,30,32)(H,31,33). The minimum atomic E-state index is -0.300. The Morgan fingerprint density at radius 3 is 1.51 bits per heavy atom. The number of carbonyl (C=O) groups excluding carboxylic acids is 2. The molecule has 0 spiro atoms. The van der Waals surface area contributed by atoms with Crippen molar-refractivity contribution in [3.05, 3.63) is 56.5 Å². The van der Waals surface area contributed by atoms with E-state index >= 15 is 0 Å². The summed E-state index contributed by atoms with van der Waals surface area (Å²) in [6.07, 6.45) is 1.74. The lowest BCUT2D eigenvalue weighted by Crippen LogP contribution is -2.42. The van der Waals surface area contributed by atoms with Gasteiger partial charge in [0.05, 0.1) is 23.3 Å². The summed E-state index contributed by atoms with van der Waals surface area (Å²) in [5.74, 6) is 0.920. The molecule has 2 rings (SSSR count). The zero-order chi connectivity index (χ0) is 25.8. The maximum Gasteiger partial charge on any atom is 0.220 e. The molecule has 0 aliphatic rings. The summed E-state index contributed by atoms with van der Waals surface area (Å²) in [4.78, 5) is 24.3. The molecule has 0 unspecified atom stereocenters. The first kappa shape index (κ1) is 29.4. The van der Waals surface area contributed by atoms with E-state index in [4.69, 9.17) is 55.9 Å². The summed E-state index contributed by atoms with van der Waals surface area (Å²) in [6.45, 7) is 5.56. The molecule has 0 saturated carbocycles. The van der Waals surface area contributed by atoms with E-state index in [-0.39, 0.29) is 17.2 Å². The maximum absolute atomic E-state index is 12.2. The van der Waals surface area contributed by atoms with E-state index in [1.807, 2.05) is 13.8 Å². The fraction of sp³-hybridized carbons (Fsp3) is 0.440. The van der Waals surface area contributed by atoms with Crippen LogP contribution in [0.1, 0.15) is 39.5 Å². The van der Waals surface area contributed by atoms with Gasteiger partial charge in [0, 0.05) is 36.0 Å². The molecule has 0 aliphatic heterocycles. The van der Waals surface area contributed by atoms with Crippen molar-refractivity contribution in [1.29, 1.82) is 0 Å². The first-order valence-electron chi connectivity index (χ1n) is 11.2. The second kappa shape index (κ2) is 14.6. The molecule has 0 radical (unpaired) electrons. The van der Waals surface area contributed by atoms with Crippen molar-refractivity contribution in [2.45, 2.75) is 39.5 Å². The molecule has 0 aromatic heterocycles. The van der Waals surface area contributed by atoms with Crippen molar-refractivity contribution < 1.29 is 19.1 Å². The van der Waals surface area contributed by atoms with Gasteiger partial charge in [0.15, 0.2) is 0 Å². The van der Waals surface area contributed by atoms with Crippen LogP contribution in [0.3, 0.4) is 0 Å². The van der Waals surface area contributed by atoms with Gasteiger partial charge in [-0.15, -0.1) is 0 Å². The van der Waals surface area contributed by atoms with E-state index in [9.17, 15) is 9.59 Å². The molecule has 2 aromatic carbocycles. The van der Waals surface area contributed by atoms with Crippen LogP contribution in [0.2, 0.25) is 20.1 Å². The molecule has 0 fully saturated rings. The lowest BCUT2D eigenvalue weighted by Gasteiger charge is -2.25. The van der Waals surface area contributed by atoms with Gasteiger partial charge in [-0.05, 0) is 54.7 Å². The molecule has 10 heteroatoms. The number of benzene rings is 2. The average Bonchev–Trinajstić information content (AvgIpc) is 2.79. The van der Waals surface area contributed by atoms with Gasteiger partial charge in [-0.3, -0.25) is 9.59 Å². The normalized spacial score (nSPS) is 11.1. The Labute approximate surface area is 226 Å². The van der Waals surface area contributed by atoms with Crippen LogP contribution in [0.15, 0.2) is 36.4 Å². The number of hydrogen-bond acceptors (Lipinski definition) is 4. The van der Waals surface area contributed by atoms with Gasteiger partial charge in [-0.1, -0.05) is 60.3 Å². The SMILES string of the molecule is CC(C)(CNC(=O)CCCOc1ccc(Cl)cc1Cl)CNC(=O)CCCOc1ccc(Cl)cc1Cl. The van der Waals surface area contributed by atoms with Gasteiger partial charge in [0.2, 0.25) is 11.8 Å². The van der Waals surface area contributed by atoms with Crippen molar-refractivity contribution >= 4 is 58.2 Å². The molecule has 6 nitrogen and oxygen atoms in total. The number of hydrogen-bond donors (Lipinski definition) is 2. The summed E-state index contributed by atoms with van der Waals surface area (Å²) >= 11 is 23.8. The molecule has 0 aliphatic carbocycles. The van der Waals surface area contributed by atoms with Gasteiger partial charge in [-0.25, -0.2) is 0 Å². The number of ether oxygens (including phenoxy) is 2. The van der Waals surface area contributed by atoms with Crippen LogP contribution in [-0.2, 0) is 9.59 Å². The molecule has 0 bridgehead atoms. The van der Waals surface area contributed by atoms with Crippen molar-refractivity contribution in [3.8, 4) is 11.5 Å². The zero-order valence-electron chi connectivity index (χ0n) is 19.8. The average molecular weight is 564 g/mol. The maximum atomic E-state index is 12.2. The summed E-state index contributed by atoms with van der Waals surface area (Å²) in [7, 11) is 0. The summed E-state index contributed by atoms with van der Waals surface area (Å²) in [5.41, 5.74) is -0.300. The number of carbonyl (C=O) groups is 2. The van der Waals surface area contributed by atoms with Crippen LogP contribution in [0.4, 0.5) is 0 Å². The fourth-order valence-electron chi connectivity index (χ4n) is 2.93. The zero-order valence-corrected chi connectivity index (χ0v) is 22.8. The predicted octanol–water partition coefficient (Wildman–Crippen LogP) is 6.58. The molecule has 35 heavy (non-hydrogen) atoms. The summed E-state index contributed by atoms with van der Waals surface area (Å²) in [6, 6.07) is 10.0. The van der Waals surface area contributed by atoms with Crippen LogP contribution < -0.4 is 20.1 Å². The highest BCUT2D eigenvalue weighted by Crippen LogP contribution is 2.28. The Kier molecular flexibility index (Phi) is 12.3. The number of amides is 2. The highest BCUT2D eigenvalue weighted by molar-refractivity contribution is 6.36. The van der Waals surface area contributed by atoms with Gasteiger partial charge in [-0.2, -0.15) is 0 Å². The first-order chi connectivity index (χ1) is 16.6. The van der Waals surface area contributed by atoms with Gasteiger partial charge in [0.1, 0.15) is 11.5 Å². The van der Waals surface area contributed by atoms with Crippen LogP contribution in [-0.4, -0.2) is 38.1 Å². The van der Waals surface area contributed by atoms with Crippen molar-refractivity contribution in [3.63, 3.8) is 0 Å². The Hall–Kier alpha value is -1.86. The topological polar surface area (TPSA) is 76.7 Å². The minimum absolute atomic E-state index is 0.0757. The van der Waals surface area contributed by atoms with Crippen LogP contribution in [0.25, 0.3) is 0 Å². The highest BCUT2D eigenvalue weighted by Gasteiger charge is 2.20. The Bertz CT molecular complexity index is 924. The monoisotopic (exact) mass is 562 g/mol. The van der Waals surface area contributed by atoms with E-state index in [0.29, 0.717) is 83.6 Å². The molecular weight excluding hydrogens is 534 g/mol. The van der Waals surface area contributed by atoms with Crippen molar-refractivity contribution in [2.75, 3.05) is 26.3 Å². The molecule has 0 heterocycles. The second-order valence-electron chi connectivity index (χ2n) is 8.77. The third kappa shape index (κ3) is 11.6. The van der Waals surface area contributed by atoms with Crippen LogP contribution in [0.5, 0.6) is 11.5 Å². The van der Waals surface area contributed by atoms with E-state index in [0.717, 1.165) is 0 Å². The molecule has 0 saturated heterocycles. The van der Waals surface area contributed by atoms with E-state index in [1.165, 1.54) is 0 Å². The smallest absolute Gasteiger partial charge is 0.220 e. The largest absolute Gasteiger partial charge is 0.492 e. The summed E-state index contributed by atoms with van der Waals surface area (Å²) < 4.78 is 11.2. The quantitative estimate of drug-likeness (QED) is 0.255. The van der Waals surface area contributed by atoms with E-state index < -0.39 is 0 Å². The minimum Gasteiger partial charge on any atom is -0.492 e. The molecular formula is C25H30Cl4N2O4. The first-order valence-corrected chi connectivity index (χ1v) is 12.8. The predicted molar refractivity (Wildman–Crippen MR) is 142 cm³/mol. The molecule has 2 aromatic rings. The van der Waals surface area contributed by atoms with Crippen molar-refractivity contribution in [2.24, 2.45) is 5.41 Å². The Morgan fingerprint density at radius 1 is 0.743 bits per heavy atom. The van der Waals surface area contributed by atoms with E-state index in [1.54, 1.807) is 36.4 Å². The number of rotatable bonds is 14. The van der Waals surface area contributed by atoms with E-state index in [2.05, 4.69) is 10.6 Å². The lowest BCUT2D eigenvalue weighted by atomic mass is 9.93. The molecule has 192 valence electrons.